The van der Waals surface area contributed by atoms with Gasteiger partial charge in [0.05, 0.1) is 17.3 Å². The van der Waals surface area contributed by atoms with Crippen molar-refractivity contribution in [1.82, 2.24) is 24.5 Å². The Kier molecular flexibility index (Phi) is 7.76. The summed E-state index contributed by atoms with van der Waals surface area (Å²) in [7, 11) is 0. The Bertz CT molecular complexity index is 864. The van der Waals surface area contributed by atoms with E-state index in [9.17, 15) is 5.11 Å². The fraction of sp³-hybridized carbons (Fsp3) is 0.450. The van der Waals surface area contributed by atoms with Crippen LogP contribution in [0.5, 0.6) is 0 Å². The molecule has 0 saturated heterocycles. The van der Waals surface area contributed by atoms with Crippen molar-refractivity contribution in [3.8, 4) is 0 Å². The summed E-state index contributed by atoms with van der Waals surface area (Å²) in [5.74, 6) is 0.912. The average Bonchev–Trinajstić information content (AvgIpc) is 3.08. The molecule has 3 aromatic heterocycles. The largest absolute Gasteiger partial charge is 0.395 e. The first-order valence-electron chi connectivity index (χ1n) is 9.70. The van der Waals surface area contributed by atoms with Gasteiger partial charge in [-0.15, -0.1) is 0 Å². The molecule has 0 spiro atoms. The Morgan fingerprint density at radius 2 is 2.14 bits per heavy atom. The molecule has 3 heterocycles. The molecule has 0 radical (unpaired) electrons. The highest BCUT2D eigenvalue weighted by Gasteiger charge is 2.11. The van der Waals surface area contributed by atoms with Gasteiger partial charge in [0.25, 0.3) is 0 Å². The molecular weight excluding hydrogens is 420 g/mol. The topological polar surface area (TPSA) is 78.6 Å². The first kappa shape index (κ1) is 20.7. The van der Waals surface area contributed by atoms with Crippen LogP contribution in [0.15, 0.2) is 41.3 Å². The Balaban J connectivity index is 1.71. The van der Waals surface area contributed by atoms with Crippen LogP contribution in [-0.4, -0.2) is 55.8 Å². The quantitative estimate of drug-likeness (QED) is 0.470. The Labute approximate surface area is 173 Å². The number of hydrogen-bond donors (Lipinski definition) is 2. The van der Waals surface area contributed by atoms with Gasteiger partial charge in [0.15, 0.2) is 5.65 Å². The van der Waals surface area contributed by atoms with Crippen LogP contribution in [0, 0.1) is 0 Å². The van der Waals surface area contributed by atoms with Crippen molar-refractivity contribution in [3.63, 3.8) is 0 Å². The summed E-state index contributed by atoms with van der Waals surface area (Å²) in [6.07, 6.45) is 8.36. The van der Waals surface area contributed by atoms with Gasteiger partial charge >= 0.3 is 0 Å². The standard InChI is InChI=1S/C20H27BrN6O/c1-2-8-26(10-11-28)9-4-6-17-12-19(23-14-16-5-3-7-22-13-16)27-20(25-17)18(21)15-24-27/h3,5,7,12-13,15,23,28H,2,4,6,8-11,14H2,1H3. The second-order valence-electron chi connectivity index (χ2n) is 6.74. The van der Waals surface area contributed by atoms with Gasteiger partial charge in [-0.05, 0) is 59.9 Å². The van der Waals surface area contributed by atoms with Gasteiger partial charge in [-0.1, -0.05) is 13.0 Å². The van der Waals surface area contributed by atoms with Crippen LogP contribution in [0.4, 0.5) is 5.82 Å². The smallest absolute Gasteiger partial charge is 0.171 e. The van der Waals surface area contributed by atoms with Crippen molar-refractivity contribution in [2.45, 2.75) is 32.7 Å². The van der Waals surface area contributed by atoms with Gasteiger partial charge in [-0.25, -0.2) is 4.98 Å². The number of pyridine rings is 1. The molecule has 0 aliphatic rings. The van der Waals surface area contributed by atoms with Crippen LogP contribution < -0.4 is 5.32 Å². The second-order valence-corrected chi connectivity index (χ2v) is 7.60. The van der Waals surface area contributed by atoms with Gasteiger partial charge in [-0.3, -0.25) is 4.98 Å². The van der Waals surface area contributed by atoms with Gasteiger partial charge in [0.1, 0.15) is 5.82 Å². The Morgan fingerprint density at radius 1 is 1.25 bits per heavy atom. The molecule has 0 aliphatic carbocycles. The third-order valence-electron chi connectivity index (χ3n) is 4.54. The lowest BCUT2D eigenvalue weighted by Gasteiger charge is -2.20. The SMILES string of the molecule is CCCN(CCO)CCCc1cc(NCc2cccnc2)n2ncc(Br)c2n1. The molecule has 0 aromatic carbocycles. The summed E-state index contributed by atoms with van der Waals surface area (Å²) in [6.45, 7) is 5.74. The maximum Gasteiger partial charge on any atom is 0.171 e. The zero-order chi connectivity index (χ0) is 19.8. The van der Waals surface area contributed by atoms with E-state index in [1.807, 2.05) is 22.8 Å². The molecule has 2 N–H and O–H groups in total. The number of aromatic nitrogens is 4. The second kappa shape index (κ2) is 10.5. The monoisotopic (exact) mass is 446 g/mol. The summed E-state index contributed by atoms with van der Waals surface area (Å²) in [5, 5.41) is 17.1. The number of anilines is 1. The predicted octanol–water partition coefficient (Wildman–Crippen LogP) is 3.14. The normalized spacial score (nSPS) is 11.4. The zero-order valence-electron chi connectivity index (χ0n) is 16.2. The summed E-state index contributed by atoms with van der Waals surface area (Å²) in [5.41, 5.74) is 2.95. The van der Waals surface area contributed by atoms with E-state index in [2.05, 4.69) is 49.2 Å². The van der Waals surface area contributed by atoms with Gasteiger partial charge < -0.3 is 15.3 Å². The number of nitrogens with zero attached hydrogens (tertiary/aromatic N) is 5. The average molecular weight is 447 g/mol. The third kappa shape index (κ3) is 5.50. The predicted molar refractivity (Wildman–Crippen MR) is 114 cm³/mol. The maximum atomic E-state index is 9.21. The first-order valence-corrected chi connectivity index (χ1v) is 10.5. The number of hydrogen-bond acceptors (Lipinski definition) is 6. The van der Waals surface area contributed by atoms with E-state index in [0.29, 0.717) is 6.54 Å². The Morgan fingerprint density at radius 3 is 2.89 bits per heavy atom. The van der Waals surface area contributed by atoms with E-state index in [1.54, 1.807) is 12.4 Å². The van der Waals surface area contributed by atoms with Crippen molar-refractivity contribution >= 4 is 27.4 Å². The van der Waals surface area contributed by atoms with Gasteiger partial charge in [0, 0.05) is 37.2 Å². The molecule has 0 unspecified atom stereocenters. The molecule has 0 saturated carbocycles. The van der Waals surface area contributed by atoms with E-state index in [-0.39, 0.29) is 6.61 Å². The highest BCUT2D eigenvalue weighted by atomic mass is 79.9. The number of fused-ring (bicyclic) bond motifs is 1. The molecule has 0 amide bonds. The lowest BCUT2D eigenvalue weighted by Crippen LogP contribution is -2.29. The maximum absolute atomic E-state index is 9.21. The third-order valence-corrected chi connectivity index (χ3v) is 5.10. The van der Waals surface area contributed by atoms with Gasteiger partial charge in [-0.2, -0.15) is 9.61 Å². The molecule has 0 fully saturated rings. The van der Waals surface area contributed by atoms with Crippen molar-refractivity contribution < 1.29 is 5.11 Å². The van der Waals surface area contributed by atoms with E-state index in [4.69, 9.17) is 4.98 Å². The summed E-state index contributed by atoms with van der Waals surface area (Å²) in [4.78, 5) is 11.2. The first-order chi connectivity index (χ1) is 13.7. The van der Waals surface area contributed by atoms with Crippen molar-refractivity contribution in [2.24, 2.45) is 0 Å². The number of halogens is 1. The molecule has 3 rings (SSSR count). The molecule has 0 aliphatic heterocycles. The highest BCUT2D eigenvalue weighted by molar-refractivity contribution is 9.10. The summed E-state index contributed by atoms with van der Waals surface area (Å²) in [6, 6.07) is 6.05. The minimum atomic E-state index is 0.204. The molecule has 0 atom stereocenters. The van der Waals surface area contributed by atoms with E-state index in [0.717, 1.165) is 66.1 Å². The number of rotatable bonds is 11. The lowest BCUT2D eigenvalue weighted by molar-refractivity contribution is 0.194. The summed E-state index contributed by atoms with van der Waals surface area (Å²) >= 11 is 3.54. The van der Waals surface area contributed by atoms with E-state index < -0.39 is 0 Å². The fourth-order valence-corrected chi connectivity index (χ4v) is 3.56. The molecule has 0 bridgehead atoms. The zero-order valence-corrected chi connectivity index (χ0v) is 17.8. The summed E-state index contributed by atoms with van der Waals surface area (Å²) < 4.78 is 2.70. The van der Waals surface area contributed by atoms with Crippen LogP contribution >= 0.6 is 15.9 Å². The number of nitrogens with one attached hydrogen (secondary N) is 1. The van der Waals surface area contributed by atoms with Crippen LogP contribution in [0.3, 0.4) is 0 Å². The van der Waals surface area contributed by atoms with E-state index >= 15 is 0 Å². The highest BCUT2D eigenvalue weighted by Crippen LogP contribution is 2.21. The van der Waals surface area contributed by atoms with Crippen LogP contribution in [-0.2, 0) is 13.0 Å². The molecule has 28 heavy (non-hydrogen) atoms. The molecule has 7 nitrogen and oxygen atoms in total. The van der Waals surface area contributed by atoms with Crippen molar-refractivity contribution in [2.75, 3.05) is 31.6 Å². The lowest BCUT2D eigenvalue weighted by atomic mass is 10.2. The number of aliphatic hydroxyl groups is 1. The van der Waals surface area contributed by atoms with Crippen LogP contribution in [0.2, 0.25) is 0 Å². The number of aryl methyl sites for hydroxylation is 1. The van der Waals surface area contributed by atoms with Crippen LogP contribution in [0.25, 0.3) is 5.65 Å². The molecule has 3 aromatic rings. The number of aliphatic hydroxyl groups excluding tert-OH is 1. The molecular formula is C20H27BrN6O. The van der Waals surface area contributed by atoms with Crippen molar-refractivity contribution in [1.29, 1.82) is 0 Å². The molecule has 8 heteroatoms. The fourth-order valence-electron chi connectivity index (χ4n) is 3.21. The minimum absolute atomic E-state index is 0.204. The Hall–Kier alpha value is -2.03. The van der Waals surface area contributed by atoms with Crippen LogP contribution in [0.1, 0.15) is 31.0 Å². The van der Waals surface area contributed by atoms with Gasteiger partial charge in [0.2, 0.25) is 0 Å². The van der Waals surface area contributed by atoms with Crippen molar-refractivity contribution in [3.05, 3.63) is 52.5 Å². The minimum Gasteiger partial charge on any atom is -0.395 e. The van der Waals surface area contributed by atoms with E-state index in [1.165, 1.54) is 0 Å². The molecule has 150 valence electrons.